The van der Waals surface area contributed by atoms with Crippen LogP contribution < -0.4 is 16.8 Å². The lowest BCUT2D eigenvalue weighted by atomic mass is 10.5. The predicted octanol–water partition coefficient (Wildman–Crippen LogP) is -0.734. The number of nitrogens with one attached hydrogen (secondary N) is 1. The minimum Gasteiger partial charge on any atom is -0.369 e. The van der Waals surface area contributed by atoms with E-state index in [0.29, 0.717) is 5.96 Å². The normalized spacial score (nSPS) is 21.0. The zero-order valence-electron chi connectivity index (χ0n) is 8.40. The van der Waals surface area contributed by atoms with Gasteiger partial charge in [-0.15, -0.1) is 12.4 Å². The van der Waals surface area contributed by atoms with Crippen LogP contribution in [-0.4, -0.2) is 36.2 Å². The molecule has 0 spiro atoms. The Kier molecular flexibility index (Phi) is 5.26. The fourth-order valence-electron chi connectivity index (χ4n) is 1.20. The molecule has 1 aliphatic heterocycles. The van der Waals surface area contributed by atoms with E-state index >= 15 is 0 Å². The van der Waals surface area contributed by atoms with Gasteiger partial charge in [-0.2, -0.15) is 4.99 Å². The Hall–Kier alpha value is -1.01. The van der Waals surface area contributed by atoms with Gasteiger partial charge >= 0.3 is 0 Å². The summed E-state index contributed by atoms with van der Waals surface area (Å²) in [5.74, 6) is 0.647. The average molecular weight is 221 g/mol. The zero-order chi connectivity index (χ0) is 9.84. The highest BCUT2D eigenvalue weighted by Gasteiger charge is 2.21. The first-order valence-corrected chi connectivity index (χ1v) is 4.36. The van der Waals surface area contributed by atoms with Crippen LogP contribution in [0.4, 0.5) is 0 Å². The minimum atomic E-state index is -0.174. The first-order chi connectivity index (χ1) is 6.19. The lowest BCUT2D eigenvalue weighted by Gasteiger charge is -2.31. The van der Waals surface area contributed by atoms with Gasteiger partial charge in [-0.1, -0.05) is 6.92 Å². The smallest absolute Gasteiger partial charge is 0.221 e. The Morgan fingerprint density at radius 3 is 2.57 bits per heavy atom. The topological polar surface area (TPSA) is 92.0 Å². The van der Waals surface area contributed by atoms with Crippen molar-refractivity contribution in [2.45, 2.75) is 20.1 Å². The number of rotatable bonds is 3. The van der Waals surface area contributed by atoms with Crippen molar-refractivity contribution in [3.8, 4) is 0 Å². The Morgan fingerprint density at radius 2 is 2.07 bits per heavy atom. The molecule has 1 atom stereocenters. The van der Waals surface area contributed by atoms with Crippen molar-refractivity contribution in [1.82, 2.24) is 10.2 Å². The molecule has 0 bridgehead atoms. The molecule has 0 aromatic rings. The maximum Gasteiger partial charge on any atom is 0.221 e. The molecule has 0 aromatic carbocycles. The third kappa shape index (κ3) is 2.74. The van der Waals surface area contributed by atoms with E-state index in [2.05, 4.69) is 15.3 Å². The summed E-state index contributed by atoms with van der Waals surface area (Å²) in [4.78, 5) is 9.84. The number of nitrogens with two attached hydrogens (primary N) is 2. The summed E-state index contributed by atoms with van der Waals surface area (Å²) >= 11 is 0. The fourth-order valence-corrected chi connectivity index (χ4v) is 1.20. The van der Waals surface area contributed by atoms with Crippen LogP contribution >= 0.6 is 12.4 Å². The molecule has 0 fully saturated rings. The van der Waals surface area contributed by atoms with Gasteiger partial charge in [0.2, 0.25) is 11.9 Å². The van der Waals surface area contributed by atoms with Gasteiger partial charge in [0.15, 0.2) is 6.29 Å². The van der Waals surface area contributed by atoms with E-state index in [1.165, 1.54) is 0 Å². The first kappa shape index (κ1) is 13.0. The van der Waals surface area contributed by atoms with E-state index < -0.39 is 0 Å². The second-order valence-corrected chi connectivity index (χ2v) is 2.67. The second-order valence-electron chi connectivity index (χ2n) is 2.67. The lowest BCUT2D eigenvalue weighted by molar-refractivity contribution is 0.279. The van der Waals surface area contributed by atoms with E-state index in [4.69, 9.17) is 11.5 Å². The molecular formula is C7H17ClN6. The maximum absolute atomic E-state index is 5.68. The predicted molar refractivity (Wildman–Crippen MR) is 60.3 cm³/mol. The first-order valence-electron chi connectivity index (χ1n) is 4.36. The van der Waals surface area contributed by atoms with E-state index in [1.54, 1.807) is 0 Å². The van der Waals surface area contributed by atoms with Crippen molar-refractivity contribution in [1.29, 1.82) is 0 Å². The summed E-state index contributed by atoms with van der Waals surface area (Å²) in [6.07, 6.45) is -0.174. The summed E-state index contributed by atoms with van der Waals surface area (Å²) in [5, 5.41) is 3.14. The van der Waals surface area contributed by atoms with Crippen LogP contribution in [0.2, 0.25) is 0 Å². The van der Waals surface area contributed by atoms with Crippen molar-refractivity contribution >= 4 is 24.3 Å². The monoisotopic (exact) mass is 220 g/mol. The van der Waals surface area contributed by atoms with Gasteiger partial charge in [0.05, 0.1) is 0 Å². The largest absolute Gasteiger partial charge is 0.369 e. The highest BCUT2D eigenvalue weighted by molar-refractivity contribution is 5.95. The van der Waals surface area contributed by atoms with Crippen molar-refractivity contribution in [2.24, 2.45) is 21.5 Å². The molecule has 1 heterocycles. The van der Waals surface area contributed by atoms with Crippen molar-refractivity contribution < 1.29 is 0 Å². The van der Waals surface area contributed by atoms with Crippen LogP contribution in [-0.2, 0) is 0 Å². The summed E-state index contributed by atoms with van der Waals surface area (Å²) in [6.45, 7) is 5.56. The van der Waals surface area contributed by atoms with E-state index in [0.717, 1.165) is 13.1 Å². The summed E-state index contributed by atoms with van der Waals surface area (Å²) < 4.78 is 0. The molecule has 0 aliphatic carbocycles. The third-order valence-electron chi connectivity index (χ3n) is 1.80. The number of hydrogen-bond acceptors (Lipinski definition) is 6. The fraction of sp³-hybridized carbons (Fsp3) is 0.714. The van der Waals surface area contributed by atoms with Crippen LogP contribution in [0, 0.1) is 0 Å². The highest BCUT2D eigenvalue weighted by Crippen LogP contribution is 2.02. The Balaban J connectivity index is 0.00000169. The molecule has 7 heteroatoms. The molecule has 6 nitrogen and oxygen atoms in total. The molecule has 0 saturated carbocycles. The zero-order valence-corrected chi connectivity index (χ0v) is 9.21. The van der Waals surface area contributed by atoms with E-state index in [9.17, 15) is 0 Å². The lowest BCUT2D eigenvalue weighted by Crippen LogP contribution is -2.53. The Bertz CT molecular complexity index is 238. The average Bonchev–Trinajstić information content (AvgIpc) is 2.04. The molecule has 1 unspecified atom stereocenters. The Morgan fingerprint density at radius 1 is 1.43 bits per heavy atom. The quantitative estimate of drug-likeness (QED) is 0.585. The Labute approximate surface area is 89.9 Å². The summed E-state index contributed by atoms with van der Waals surface area (Å²) in [5.41, 5.74) is 11.2. The maximum atomic E-state index is 5.68. The SMILES string of the molecule is CCNC1N=C(N)N=C(N)N1CC.Cl. The van der Waals surface area contributed by atoms with E-state index in [-0.39, 0.29) is 24.7 Å². The van der Waals surface area contributed by atoms with Crippen LogP contribution in [0.15, 0.2) is 9.98 Å². The number of aliphatic imine (C=N–C) groups is 2. The third-order valence-corrected chi connectivity index (χ3v) is 1.80. The molecule has 1 rings (SSSR count). The van der Waals surface area contributed by atoms with Gasteiger partial charge in [0, 0.05) is 6.54 Å². The molecule has 5 N–H and O–H groups in total. The van der Waals surface area contributed by atoms with Gasteiger partial charge in [-0.05, 0) is 13.5 Å². The molecule has 14 heavy (non-hydrogen) atoms. The number of halogens is 1. The van der Waals surface area contributed by atoms with Crippen molar-refractivity contribution in [2.75, 3.05) is 13.1 Å². The van der Waals surface area contributed by atoms with E-state index in [1.807, 2.05) is 18.7 Å². The van der Waals surface area contributed by atoms with Gasteiger partial charge in [-0.3, -0.25) is 5.32 Å². The highest BCUT2D eigenvalue weighted by atomic mass is 35.5. The van der Waals surface area contributed by atoms with Gasteiger partial charge in [0.25, 0.3) is 0 Å². The number of hydrogen-bond donors (Lipinski definition) is 3. The second kappa shape index (κ2) is 5.66. The molecule has 0 aromatic heterocycles. The molecule has 82 valence electrons. The van der Waals surface area contributed by atoms with Crippen LogP contribution in [0.1, 0.15) is 13.8 Å². The van der Waals surface area contributed by atoms with Crippen LogP contribution in [0.25, 0.3) is 0 Å². The number of guanidine groups is 2. The van der Waals surface area contributed by atoms with Crippen LogP contribution in [0.5, 0.6) is 0 Å². The standard InChI is InChI=1S/C7H16N6.ClH/c1-3-10-7-12-5(8)11-6(9)13(7)4-2;/h7,10H,3-4H2,1-2H3,(H4,8,9,11,12);1H. The number of nitrogens with zero attached hydrogens (tertiary/aromatic N) is 3. The van der Waals surface area contributed by atoms with Crippen LogP contribution in [0.3, 0.4) is 0 Å². The molecule has 0 saturated heterocycles. The van der Waals surface area contributed by atoms with Gasteiger partial charge in [0.1, 0.15) is 0 Å². The summed E-state index contributed by atoms with van der Waals surface area (Å²) in [7, 11) is 0. The molecular weight excluding hydrogens is 204 g/mol. The van der Waals surface area contributed by atoms with Crippen molar-refractivity contribution in [3.63, 3.8) is 0 Å². The minimum absolute atomic E-state index is 0. The molecule has 0 amide bonds. The van der Waals surface area contributed by atoms with Gasteiger partial charge in [-0.25, -0.2) is 4.99 Å². The molecule has 0 radical (unpaired) electrons. The molecule has 1 aliphatic rings. The van der Waals surface area contributed by atoms with Gasteiger partial charge < -0.3 is 16.4 Å². The van der Waals surface area contributed by atoms with Crippen molar-refractivity contribution in [3.05, 3.63) is 0 Å². The summed E-state index contributed by atoms with van der Waals surface area (Å²) in [6, 6.07) is 0.